The van der Waals surface area contributed by atoms with Crippen LogP contribution in [-0.2, 0) is 0 Å². The van der Waals surface area contributed by atoms with Gasteiger partial charge in [0.05, 0.1) is 9.80 Å². The third-order valence-corrected chi connectivity index (χ3v) is 3.58. The van der Waals surface area contributed by atoms with Crippen molar-refractivity contribution >= 4 is 17.0 Å². The monoisotopic (exact) mass is 291 g/mol. The van der Waals surface area contributed by atoms with E-state index in [1.165, 1.54) is 28.4 Å². The Morgan fingerprint density at radius 2 is 2.35 bits per heavy atom. The molecule has 0 saturated carbocycles. The number of nitro groups is 1. The zero-order valence-electron chi connectivity index (χ0n) is 10.3. The highest BCUT2D eigenvalue weighted by molar-refractivity contribution is 7.13. The van der Waals surface area contributed by atoms with E-state index in [1.807, 2.05) is 17.5 Å². The van der Waals surface area contributed by atoms with Crippen molar-refractivity contribution in [3.63, 3.8) is 0 Å². The van der Waals surface area contributed by atoms with Crippen LogP contribution in [0.5, 0.6) is 0 Å². The molecule has 0 fully saturated rings. The molecule has 0 spiro atoms. The lowest BCUT2D eigenvalue weighted by Crippen LogP contribution is -2.07. The Balaban J connectivity index is 1.86. The molecule has 3 aromatic heterocycles. The van der Waals surface area contributed by atoms with E-state index >= 15 is 0 Å². The summed E-state index contributed by atoms with van der Waals surface area (Å²) >= 11 is 1.50. The van der Waals surface area contributed by atoms with E-state index in [1.54, 1.807) is 6.92 Å². The first kappa shape index (κ1) is 12.5. The molecule has 3 heterocycles. The van der Waals surface area contributed by atoms with Gasteiger partial charge < -0.3 is 4.42 Å². The van der Waals surface area contributed by atoms with Crippen LogP contribution < -0.4 is 0 Å². The van der Waals surface area contributed by atoms with E-state index in [0.29, 0.717) is 11.8 Å². The second-order valence-electron chi connectivity index (χ2n) is 4.03. The lowest BCUT2D eigenvalue weighted by Gasteiger charge is -2.05. The van der Waals surface area contributed by atoms with E-state index in [2.05, 4.69) is 15.3 Å². The molecule has 102 valence electrons. The third kappa shape index (κ3) is 2.18. The number of rotatable bonds is 4. The quantitative estimate of drug-likeness (QED) is 0.541. The molecule has 9 heteroatoms. The summed E-state index contributed by atoms with van der Waals surface area (Å²) in [6, 6.07) is 3.40. The Labute approximate surface area is 116 Å². The SMILES string of the molecule is C[C@@H](c1nnc(-c2cccs2)o1)n1cc([N+](=O)[O-])cn1. The van der Waals surface area contributed by atoms with E-state index < -0.39 is 4.92 Å². The average Bonchev–Trinajstić information content (AvgIpc) is 3.17. The summed E-state index contributed by atoms with van der Waals surface area (Å²) in [5.41, 5.74) is -0.0742. The topological polar surface area (TPSA) is 99.9 Å². The standard InChI is InChI=1S/C11H9N5O3S/c1-7(15-6-8(5-12-15)16(17)18)10-13-14-11(19-10)9-3-2-4-20-9/h2-7H,1H3/t7-/m0/s1. The van der Waals surface area contributed by atoms with Crippen molar-refractivity contribution in [2.75, 3.05) is 0 Å². The molecule has 8 nitrogen and oxygen atoms in total. The Hall–Kier alpha value is -2.55. The largest absolute Gasteiger partial charge is 0.418 e. The van der Waals surface area contributed by atoms with Crippen molar-refractivity contribution in [1.82, 2.24) is 20.0 Å². The molecule has 3 rings (SSSR count). The Kier molecular flexibility index (Phi) is 3.03. The number of aromatic nitrogens is 4. The van der Waals surface area contributed by atoms with Gasteiger partial charge in [-0.25, -0.2) is 0 Å². The highest BCUT2D eigenvalue weighted by Gasteiger charge is 2.20. The van der Waals surface area contributed by atoms with Crippen LogP contribution in [0.25, 0.3) is 10.8 Å². The molecule has 0 saturated heterocycles. The predicted molar refractivity (Wildman–Crippen MR) is 70.3 cm³/mol. The number of hydrogen-bond acceptors (Lipinski definition) is 7. The molecule has 0 bridgehead atoms. The van der Waals surface area contributed by atoms with Gasteiger partial charge in [0.1, 0.15) is 18.4 Å². The van der Waals surface area contributed by atoms with Crippen LogP contribution in [0.15, 0.2) is 34.3 Å². The van der Waals surface area contributed by atoms with Crippen molar-refractivity contribution in [3.05, 3.63) is 45.9 Å². The van der Waals surface area contributed by atoms with Crippen LogP contribution >= 0.6 is 11.3 Å². The lowest BCUT2D eigenvalue weighted by atomic mass is 10.3. The summed E-state index contributed by atoms with van der Waals surface area (Å²) in [7, 11) is 0. The summed E-state index contributed by atoms with van der Waals surface area (Å²) in [6.45, 7) is 1.78. The molecule has 0 aliphatic rings. The highest BCUT2D eigenvalue weighted by Crippen LogP contribution is 2.26. The second-order valence-corrected chi connectivity index (χ2v) is 4.98. The maximum Gasteiger partial charge on any atom is 0.307 e. The summed E-state index contributed by atoms with van der Waals surface area (Å²) in [5.74, 6) is 0.787. The minimum atomic E-state index is -0.499. The first-order valence-corrected chi connectivity index (χ1v) is 6.59. The van der Waals surface area contributed by atoms with Gasteiger partial charge in [0.25, 0.3) is 5.89 Å². The Morgan fingerprint density at radius 1 is 1.50 bits per heavy atom. The van der Waals surface area contributed by atoms with Crippen molar-refractivity contribution in [2.24, 2.45) is 0 Å². The Morgan fingerprint density at radius 3 is 3.00 bits per heavy atom. The fourth-order valence-electron chi connectivity index (χ4n) is 1.65. The molecule has 0 aromatic carbocycles. The average molecular weight is 291 g/mol. The van der Waals surface area contributed by atoms with Crippen LogP contribution in [0.4, 0.5) is 5.69 Å². The van der Waals surface area contributed by atoms with Gasteiger partial charge >= 0.3 is 5.69 Å². The van der Waals surface area contributed by atoms with Crippen LogP contribution in [0.1, 0.15) is 18.9 Å². The van der Waals surface area contributed by atoms with Gasteiger partial charge in [-0.1, -0.05) is 6.07 Å². The van der Waals surface area contributed by atoms with Crippen molar-refractivity contribution in [2.45, 2.75) is 13.0 Å². The molecule has 1 atom stereocenters. The lowest BCUT2D eigenvalue weighted by molar-refractivity contribution is -0.385. The number of nitrogens with zero attached hydrogens (tertiary/aromatic N) is 5. The predicted octanol–water partition coefficient (Wildman–Crippen LogP) is 2.51. The summed E-state index contributed by atoms with van der Waals surface area (Å²) in [4.78, 5) is 11.0. The smallest absolute Gasteiger partial charge is 0.307 e. The second kappa shape index (κ2) is 4.85. The maximum atomic E-state index is 10.6. The van der Waals surface area contributed by atoms with Crippen molar-refractivity contribution in [1.29, 1.82) is 0 Å². The van der Waals surface area contributed by atoms with E-state index in [9.17, 15) is 10.1 Å². The molecule has 3 aromatic rings. The van der Waals surface area contributed by atoms with Gasteiger partial charge in [-0.15, -0.1) is 21.5 Å². The molecule has 0 amide bonds. The third-order valence-electron chi connectivity index (χ3n) is 2.73. The molecule has 0 aliphatic heterocycles. The first-order valence-electron chi connectivity index (χ1n) is 5.71. The molecule has 20 heavy (non-hydrogen) atoms. The van der Waals surface area contributed by atoms with E-state index in [0.717, 1.165) is 4.88 Å². The van der Waals surface area contributed by atoms with Crippen LogP contribution in [-0.4, -0.2) is 24.9 Å². The van der Waals surface area contributed by atoms with Gasteiger partial charge in [-0.2, -0.15) is 5.10 Å². The molecule has 0 radical (unpaired) electrons. The highest BCUT2D eigenvalue weighted by atomic mass is 32.1. The van der Waals surface area contributed by atoms with Crippen molar-refractivity contribution in [3.8, 4) is 10.8 Å². The Bertz CT molecular complexity index is 733. The summed E-state index contributed by atoms with van der Waals surface area (Å²) < 4.78 is 6.99. The minimum Gasteiger partial charge on any atom is -0.418 e. The summed E-state index contributed by atoms with van der Waals surface area (Å²) in [6.07, 6.45) is 2.52. The zero-order valence-corrected chi connectivity index (χ0v) is 11.1. The van der Waals surface area contributed by atoms with Gasteiger partial charge in [0, 0.05) is 0 Å². The normalized spacial score (nSPS) is 12.4. The van der Waals surface area contributed by atoms with Crippen molar-refractivity contribution < 1.29 is 9.34 Å². The zero-order chi connectivity index (χ0) is 14.1. The van der Waals surface area contributed by atoms with Gasteiger partial charge in [-0.05, 0) is 18.4 Å². The summed E-state index contributed by atoms with van der Waals surface area (Å²) in [5, 5.41) is 24.4. The van der Waals surface area contributed by atoms with Gasteiger partial charge in [-0.3, -0.25) is 14.8 Å². The molecular formula is C11H9N5O3S. The van der Waals surface area contributed by atoms with E-state index in [4.69, 9.17) is 4.42 Å². The molecule has 0 N–H and O–H groups in total. The molecular weight excluding hydrogens is 282 g/mol. The fourth-order valence-corrected chi connectivity index (χ4v) is 2.29. The van der Waals surface area contributed by atoms with Gasteiger partial charge in [0.2, 0.25) is 5.89 Å². The number of thiophene rings is 1. The molecule has 0 unspecified atom stereocenters. The van der Waals surface area contributed by atoms with Crippen LogP contribution in [0.3, 0.4) is 0 Å². The maximum absolute atomic E-state index is 10.6. The first-order chi connectivity index (χ1) is 9.65. The van der Waals surface area contributed by atoms with Crippen LogP contribution in [0, 0.1) is 10.1 Å². The fraction of sp³-hybridized carbons (Fsp3) is 0.182. The van der Waals surface area contributed by atoms with Gasteiger partial charge in [0.15, 0.2) is 0 Å². The minimum absolute atomic E-state index is 0.0742. The molecule has 0 aliphatic carbocycles. The van der Waals surface area contributed by atoms with Crippen LogP contribution in [0.2, 0.25) is 0 Å². The number of hydrogen-bond donors (Lipinski definition) is 0. The van der Waals surface area contributed by atoms with E-state index in [-0.39, 0.29) is 11.7 Å².